The quantitative estimate of drug-likeness (QED) is 0.454. The van der Waals surface area contributed by atoms with E-state index in [0.717, 1.165) is 22.4 Å². The number of hydrogen-bond acceptors (Lipinski definition) is 6. The van der Waals surface area contributed by atoms with E-state index < -0.39 is 0 Å². The second kappa shape index (κ2) is 6.94. The number of nitrogens with zero attached hydrogens (tertiary/aromatic N) is 5. The van der Waals surface area contributed by atoms with Gasteiger partial charge in [-0.1, -0.05) is 36.4 Å². The molecule has 152 valence electrons. The largest absolute Gasteiger partial charge is 0.486 e. The SMILES string of the molecule is O=c1c2nnc3c(-c4ccccc4)cnn3c2ccn1Cc1ccc2c(c1)OCCO2. The number of ether oxygens (including phenoxy) is 2. The summed E-state index contributed by atoms with van der Waals surface area (Å²) in [6, 6.07) is 17.4. The van der Waals surface area contributed by atoms with Crippen LogP contribution in [0.2, 0.25) is 0 Å². The third-order valence-electron chi connectivity index (χ3n) is 5.38. The maximum absolute atomic E-state index is 13.1. The molecule has 0 spiro atoms. The summed E-state index contributed by atoms with van der Waals surface area (Å²) in [5, 5.41) is 13.0. The molecule has 8 heteroatoms. The molecule has 6 rings (SSSR count). The van der Waals surface area contributed by atoms with Crippen LogP contribution >= 0.6 is 0 Å². The van der Waals surface area contributed by atoms with Crippen molar-refractivity contribution in [1.82, 2.24) is 24.4 Å². The van der Waals surface area contributed by atoms with E-state index in [1.165, 1.54) is 0 Å². The van der Waals surface area contributed by atoms with Crippen LogP contribution in [-0.4, -0.2) is 37.6 Å². The molecule has 1 aliphatic heterocycles. The maximum Gasteiger partial charge on any atom is 0.280 e. The lowest BCUT2D eigenvalue weighted by Gasteiger charge is -2.19. The smallest absolute Gasteiger partial charge is 0.280 e. The fourth-order valence-corrected chi connectivity index (χ4v) is 3.86. The second-order valence-electron chi connectivity index (χ2n) is 7.32. The van der Waals surface area contributed by atoms with Gasteiger partial charge in [-0.15, -0.1) is 10.2 Å². The standard InChI is InChI=1S/C23H17N5O3/c29-23-21-18(28-22(26-25-21)17(13-24-28)16-4-2-1-3-5-16)8-9-27(23)14-15-6-7-19-20(12-15)31-11-10-30-19/h1-9,12-13H,10-11,14H2. The van der Waals surface area contributed by atoms with Crippen LogP contribution in [0.5, 0.6) is 11.5 Å². The van der Waals surface area contributed by atoms with Crippen molar-refractivity contribution in [2.75, 3.05) is 13.2 Å². The zero-order valence-electron chi connectivity index (χ0n) is 16.4. The van der Waals surface area contributed by atoms with Gasteiger partial charge in [-0.3, -0.25) is 4.79 Å². The highest BCUT2D eigenvalue weighted by Crippen LogP contribution is 2.31. The van der Waals surface area contributed by atoms with Gasteiger partial charge in [-0.2, -0.15) is 5.10 Å². The van der Waals surface area contributed by atoms with Crippen molar-refractivity contribution in [2.24, 2.45) is 0 Å². The molecular formula is C23H17N5O3. The molecule has 4 heterocycles. The highest BCUT2D eigenvalue weighted by atomic mass is 16.6. The lowest BCUT2D eigenvalue weighted by Crippen LogP contribution is -2.22. The lowest BCUT2D eigenvalue weighted by atomic mass is 10.1. The number of pyridine rings is 1. The van der Waals surface area contributed by atoms with E-state index in [1.54, 1.807) is 21.5 Å². The Bertz CT molecular complexity index is 1490. The summed E-state index contributed by atoms with van der Waals surface area (Å²) in [6.07, 6.45) is 3.51. The van der Waals surface area contributed by atoms with Crippen LogP contribution in [0.15, 0.2) is 71.8 Å². The Hall–Kier alpha value is -4.20. The number of rotatable bonds is 3. The van der Waals surface area contributed by atoms with Crippen LogP contribution < -0.4 is 15.0 Å². The first kappa shape index (κ1) is 17.6. The van der Waals surface area contributed by atoms with Crippen LogP contribution in [0.4, 0.5) is 0 Å². The third kappa shape index (κ3) is 2.92. The van der Waals surface area contributed by atoms with Crippen LogP contribution in [0.25, 0.3) is 27.8 Å². The molecule has 0 atom stereocenters. The van der Waals surface area contributed by atoms with Crippen molar-refractivity contribution in [3.63, 3.8) is 0 Å². The van der Waals surface area contributed by atoms with Gasteiger partial charge in [0.05, 0.1) is 12.7 Å². The second-order valence-corrected chi connectivity index (χ2v) is 7.32. The van der Waals surface area contributed by atoms with Crippen LogP contribution in [0.1, 0.15) is 5.56 Å². The minimum atomic E-state index is -0.224. The fraction of sp³-hybridized carbons (Fsp3) is 0.130. The van der Waals surface area contributed by atoms with E-state index in [0.29, 0.717) is 36.7 Å². The Morgan fingerprint density at radius 3 is 2.65 bits per heavy atom. The Morgan fingerprint density at radius 2 is 1.77 bits per heavy atom. The monoisotopic (exact) mass is 411 g/mol. The molecule has 31 heavy (non-hydrogen) atoms. The van der Waals surface area contributed by atoms with E-state index in [2.05, 4.69) is 15.3 Å². The number of benzene rings is 2. The van der Waals surface area contributed by atoms with E-state index in [4.69, 9.17) is 9.47 Å². The van der Waals surface area contributed by atoms with Gasteiger partial charge < -0.3 is 14.0 Å². The minimum absolute atomic E-state index is 0.224. The summed E-state index contributed by atoms with van der Waals surface area (Å²) in [7, 11) is 0. The first-order chi connectivity index (χ1) is 15.3. The van der Waals surface area contributed by atoms with E-state index >= 15 is 0 Å². The molecular weight excluding hydrogens is 394 g/mol. The van der Waals surface area contributed by atoms with Gasteiger partial charge in [0.15, 0.2) is 22.7 Å². The average Bonchev–Trinajstić information content (AvgIpc) is 3.26. The summed E-state index contributed by atoms with van der Waals surface area (Å²) in [5.74, 6) is 1.42. The van der Waals surface area contributed by atoms with Crippen molar-refractivity contribution in [3.8, 4) is 22.6 Å². The van der Waals surface area contributed by atoms with Crippen molar-refractivity contribution >= 4 is 16.7 Å². The Labute approximate surface area is 176 Å². The first-order valence-electron chi connectivity index (χ1n) is 9.95. The summed E-state index contributed by atoms with van der Waals surface area (Å²) < 4.78 is 14.5. The molecule has 0 fully saturated rings. The highest BCUT2D eigenvalue weighted by Gasteiger charge is 2.15. The Kier molecular flexibility index (Phi) is 3.95. The molecule has 3 aromatic heterocycles. The maximum atomic E-state index is 13.1. The molecule has 1 aliphatic rings. The van der Waals surface area contributed by atoms with Gasteiger partial charge >= 0.3 is 0 Å². The van der Waals surface area contributed by atoms with Gasteiger partial charge in [-0.05, 0) is 29.3 Å². The molecule has 2 aromatic carbocycles. The summed E-state index contributed by atoms with van der Waals surface area (Å²) in [6.45, 7) is 1.45. The van der Waals surface area contributed by atoms with Gasteiger partial charge in [0.2, 0.25) is 0 Å². The number of aromatic nitrogens is 5. The molecule has 0 unspecified atom stereocenters. The normalized spacial score (nSPS) is 13.0. The summed E-state index contributed by atoms with van der Waals surface area (Å²) in [5.41, 5.74) is 4.09. The molecule has 0 radical (unpaired) electrons. The Balaban J connectivity index is 1.41. The van der Waals surface area contributed by atoms with Crippen molar-refractivity contribution in [3.05, 3.63) is 82.9 Å². The van der Waals surface area contributed by atoms with Crippen LogP contribution in [-0.2, 0) is 6.54 Å². The number of hydrogen-bond donors (Lipinski definition) is 0. The first-order valence-corrected chi connectivity index (χ1v) is 9.95. The molecule has 5 aromatic rings. The fourth-order valence-electron chi connectivity index (χ4n) is 3.86. The zero-order chi connectivity index (χ0) is 20.8. The predicted octanol–water partition coefficient (Wildman–Crippen LogP) is 2.93. The molecule has 8 nitrogen and oxygen atoms in total. The molecule has 0 bridgehead atoms. The molecule has 0 saturated heterocycles. The van der Waals surface area contributed by atoms with E-state index in [9.17, 15) is 4.79 Å². The average molecular weight is 411 g/mol. The van der Waals surface area contributed by atoms with Crippen molar-refractivity contribution in [2.45, 2.75) is 6.54 Å². The third-order valence-corrected chi connectivity index (χ3v) is 5.38. The van der Waals surface area contributed by atoms with Crippen LogP contribution in [0.3, 0.4) is 0 Å². The molecule has 0 aliphatic carbocycles. The molecule has 0 amide bonds. The van der Waals surface area contributed by atoms with Gasteiger partial charge in [0.25, 0.3) is 5.56 Å². The predicted molar refractivity (Wildman–Crippen MR) is 115 cm³/mol. The molecule has 0 saturated carbocycles. The van der Waals surface area contributed by atoms with E-state index in [1.807, 2.05) is 54.6 Å². The lowest BCUT2D eigenvalue weighted by molar-refractivity contribution is 0.171. The van der Waals surface area contributed by atoms with Gasteiger partial charge in [-0.25, -0.2) is 4.52 Å². The van der Waals surface area contributed by atoms with Crippen LogP contribution in [0, 0.1) is 0 Å². The summed E-state index contributed by atoms with van der Waals surface area (Å²) in [4.78, 5) is 13.1. The highest BCUT2D eigenvalue weighted by molar-refractivity contribution is 5.82. The molecule has 0 N–H and O–H groups in total. The number of fused-ring (bicyclic) bond motifs is 4. The Morgan fingerprint density at radius 1 is 0.935 bits per heavy atom. The zero-order valence-corrected chi connectivity index (χ0v) is 16.4. The van der Waals surface area contributed by atoms with Crippen molar-refractivity contribution < 1.29 is 9.47 Å². The van der Waals surface area contributed by atoms with Gasteiger partial charge in [0.1, 0.15) is 18.7 Å². The van der Waals surface area contributed by atoms with Crippen molar-refractivity contribution in [1.29, 1.82) is 0 Å². The van der Waals surface area contributed by atoms with E-state index in [-0.39, 0.29) is 11.1 Å². The topological polar surface area (TPSA) is 83.5 Å². The minimum Gasteiger partial charge on any atom is -0.486 e. The summed E-state index contributed by atoms with van der Waals surface area (Å²) >= 11 is 0. The van der Waals surface area contributed by atoms with Gasteiger partial charge in [0, 0.05) is 11.8 Å².